The molecule has 1 aromatic heterocycles. The molecule has 0 aliphatic heterocycles. The van der Waals surface area contributed by atoms with Crippen molar-refractivity contribution in [1.29, 1.82) is 5.26 Å². The number of hydrogen-bond acceptors (Lipinski definition) is 7. The first-order valence-electron chi connectivity index (χ1n) is 16.1. The predicted octanol–water partition coefficient (Wildman–Crippen LogP) is 8.04. The lowest BCUT2D eigenvalue weighted by atomic mass is 9.83. The van der Waals surface area contributed by atoms with E-state index in [2.05, 4.69) is 46.3 Å². The van der Waals surface area contributed by atoms with Crippen molar-refractivity contribution < 1.29 is 19.1 Å². The van der Waals surface area contributed by atoms with Crippen LogP contribution in [0, 0.1) is 11.3 Å². The molecular formula is C40H34N4O4S2. The van der Waals surface area contributed by atoms with Crippen LogP contribution in [0.15, 0.2) is 120 Å². The van der Waals surface area contributed by atoms with Gasteiger partial charge in [0.25, 0.3) is 11.8 Å². The fourth-order valence-corrected chi connectivity index (χ4v) is 7.91. The van der Waals surface area contributed by atoms with Gasteiger partial charge in [0.1, 0.15) is 22.5 Å². The van der Waals surface area contributed by atoms with Gasteiger partial charge < -0.3 is 20.7 Å². The van der Waals surface area contributed by atoms with Gasteiger partial charge in [-0.15, -0.1) is 23.1 Å². The van der Waals surface area contributed by atoms with Crippen molar-refractivity contribution in [3.8, 4) is 11.8 Å². The topological polar surface area (TPSA) is 120 Å². The number of para-hydroxylation sites is 1. The maximum atomic E-state index is 13.6. The molecule has 50 heavy (non-hydrogen) atoms. The van der Waals surface area contributed by atoms with Crippen LogP contribution in [0.4, 0.5) is 10.7 Å². The van der Waals surface area contributed by atoms with E-state index < -0.39 is 11.8 Å². The van der Waals surface area contributed by atoms with Crippen molar-refractivity contribution >= 4 is 57.6 Å². The first-order valence-corrected chi connectivity index (χ1v) is 17.9. The molecule has 1 aliphatic carbocycles. The Bertz CT molecular complexity index is 2090. The van der Waals surface area contributed by atoms with E-state index >= 15 is 0 Å². The molecule has 0 spiro atoms. The maximum Gasteiger partial charge on any atom is 0.272 e. The highest BCUT2D eigenvalue weighted by Crippen LogP contribution is 2.42. The number of fused-ring (bicyclic) bond motifs is 1. The smallest absolute Gasteiger partial charge is 0.272 e. The third-order valence-electron chi connectivity index (χ3n) is 8.33. The highest BCUT2D eigenvalue weighted by Gasteiger charge is 2.27. The third kappa shape index (κ3) is 8.32. The predicted molar refractivity (Wildman–Crippen MR) is 200 cm³/mol. The minimum absolute atomic E-state index is 0.0304. The molecule has 1 aliphatic rings. The first-order chi connectivity index (χ1) is 24.4. The summed E-state index contributed by atoms with van der Waals surface area (Å²) in [6.45, 7) is 0. The van der Waals surface area contributed by atoms with Crippen LogP contribution in [0.3, 0.4) is 0 Å². The lowest BCUT2D eigenvalue weighted by molar-refractivity contribution is -0.114. The lowest BCUT2D eigenvalue weighted by Crippen LogP contribution is -2.30. The largest absolute Gasteiger partial charge is 0.496 e. The number of methoxy groups -OCH3 is 1. The number of anilines is 2. The van der Waals surface area contributed by atoms with Crippen molar-refractivity contribution in [1.82, 2.24) is 5.32 Å². The Labute approximate surface area is 299 Å². The second-order valence-electron chi connectivity index (χ2n) is 11.6. The van der Waals surface area contributed by atoms with Crippen molar-refractivity contribution in [3.63, 3.8) is 0 Å². The third-order valence-corrected chi connectivity index (χ3v) is 10.5. The minimum Gasteiger partial charge on any atom is -0.496 e. The van der Waals surface area contributed by atoms with Crippen molar-refractivity contribution in [2.24, 2.45) is 0 Å². The van der Waals surface area contributed by atoms with E-state index in [1.807, 2.05) is 30.3 Å². The Balaban J connectivity index is 1.11. The van der Waals surface area contributed by atoms with Crippen LogP contribution in [-0.2, 0) is 22.4 Å². The first kappa shape index (κ1) is 34.2. The molecule has 1 atom stereocenters. The molecule has 1 unspecified atom stereocenters. The SMILES string of the molecule is COc1ccccc1/C=C(/NC(=O)c1ccccc1)C(=O)Nc1cccc(SCC(=O)Nc2sc3c(c2C#N)CCC(c2ccccc2)C3)c1. The molecule has 6 rings (SSSR count). The number of hydrogen-bond donors (Lipinski definition) is 3. The van der Waals surface area contributed by atoms with E-state index in [0.717, 1.165) is 34.6 Å². The van der Waals surface area contributed by atoms with Gasteiger partial charge in [0, 0.05) is 26.6 Å². The molecule has 3 N–H and O–H groups in total. The highest BCUT2D eigenvalue weighted by molar-refractivity contribution is 8.00. The number of rotatable bonds is 11. The van der Waals surface area contributed by atoms with Crippen LogP contribution in [0.5, 0.6) is 5.75 Å². The molecule has 0 radical (unpaired) electrons. The van der Waals surface area contributed by atoms with Gasteiger partial charge in [-0.3, -0.25) is 14.4 Å². The summed E-state index contributed by atoms with van der Waals surface area (Å²) in [5.41, 5.74) is 4.46. The van der Waals surface area contributed by atoms with Gasteiger partial charge in [-0.25, -0.2) is 0 Å². The van der Waals surface area contributed by atoms with Gasteiger partial charge in [0.2, 0.25) is 5.91 Å². The van der Waals surface area contributed by atoms with Crippen molar-refractivity contribution in [2.45, 2.75) is 30.1 Å². The molecule has 0 fully saturated rings. The summed E-state index contributed by atoms with van der Waals surface area (Å²) < 4.78 is 5.45. The number of carbonyl (C=O) groups is 3. The van der Waals surface area contributed by atoms with E-state index in [4.69, 9.17) is 4.74 Å². The Kier molecular flexibility index (Phi) is 11.1. The van der Waals surface area contributed by atoms with Crippen LogP contribution in [0.25, 0.3) is 6.08 Å². The van der Waals surface area contributed by atoms with Gasteiger partial charge in [0.05, 0.1) is 18.4 Å². The van der Waals surface area contributed by atoms with Crippen LogP contribution in [0.2, 0.25) is 0 Å². The number of amides is 3. The van der Waals surface area contributed by atoms with E-state index in [1.165, 1.54) is 35.8 Å². The molecule has 250 valence electrons. The summed E-state index contributed by atoms with van der Waals surface area (Å²) in [4.78, 5) is 41.6. The number of thiophene rings is 1. The summed E-state index contributed by atoms with van der Waals surface area (Å²) >= 11 is 2.81. The van der Waals surface area contributed by atoms with E-state index in [9.17, 15) is 19.6 Å². The maximum absolute atomic E-state index is 13.6. The molecule has 3 amide bonds. The number of ether oxygens (including phenoxy) is 1. The molecule has 4 aromatic carbocycles. The van der Waals surface area contributed by atoms with Crippen LogP contribution in [0.1, 0.15) is 49.8 Å². The lowest BCUT2D eigenvalue weighted by Gasteiger charge is -2.22. The quantitative estimate of drug-likeness (QED) is 0.0949. The molecular weight excluding hydrogens is 665 g/mol. The molecule has 8 nitrogen and oxygen atoms in total. The molecule has 1 heterocycles. The molecule has 0 bridgehead atoms. The number of benzene rings is 4. The van der Waals surface area contributed by atoms with Crippen molar-refractivity contribution in [2.75, 3.05) is 23.5 Å². The summed E-state index contributed by atoms with van der Waals surface area (Å²) in [5, 5.41) is 19.2. The summed E-state index contributed by atoms with van der Waals surface area (Å²) in [6, 6.07) is 35.7. The normalized spacial score (nSPS) is 13.8. The van der Waals surface area contributed by atoms with Crippen LogP contribution >= 0.6 is 23.1 Å². The number of nitriles is 1. The van der Waals surface area contributed by atoms with Crippen LogP contribution < -0.4 is 20.7 Å². The minimum atomic E-state index is -0.528. The molecule has 10 heteroatoms. The zero-order valence-corrected chi connectivity index (χ0v) is 28.9. The fourth-order valence-electron chi connectivity index (χ4n) is 5.86. The van der Waals surface area contributed by atoms with E-state index in [-0.39, 0.29) is 17.4 Å². The summed E-state index contributed by atoms with van der Waals surface area (Å²) in [5.74, 6) is -0.119. The number of thioether (sulfide) groups is 1. The Morgan fingerprint density at radius 1 is 0.940 bits per heavy atom. The van der Waals surface area contributed by atoms with E-state index in [0.29, 0.717) is 39.0 Å². The fraction of sp³-hybridized carbons (Fsp3) is 0.150. The summed E-state index contributed by atoms with van der Waals surface area (Å²) in [7, 11) is 1.54. The summed E-state index contributed by atoms with van der Waals surface area (Å²) in [6.07, 6.45) is 4.20. The molecule has 0 saturated carbocycles. The van der Waals surface area contributed by atoms with E-state index in [1.54, 1.807) is 60.7 Å². The van der Waals surface area contributed by atoms with Gasteiger partial charge in [-0.05, 0) is 78.8 Å². The molecule has 0 saturated heterocycles. The monoisotopic (exact) mass is 698 g/mol. The Hall–Kier alpha value is -5.63. The Morgan fingerprint density at radius 2 is 1.68 bits per heavy atom. The standard InChI is InChI=1S/C40H34N4O4S2/c1-48-35-18-9-8-15-29(35)21-34(43-38(46)27-13-6-3-7-14-27)39(47)42-30-16-10-17-31(23-30)49-25-37(45)44-40-33(24-41)32-20-19-28(22-36(32)50-40)26-11-4-2-5-12-26/h2-18,21,23,28H,19-20,22,25H2,1H3,(H,42,47)(H,43,46)(H,44,45)/b34-21+. The van der Waals surface area contributed by atoms with Crippen LogP contribution in [-0.4, -0.2) is 30.6 Å². The number of carbonyl (C=O) groups excluding carboxylic acids is 3. The zero-order chi connectivity index (χ0) is 34.9. The second-order valence-corrected chi connectivity index (χ2v) is 13.8. The van der Waals surface area contributed by atoms with Gasteiger partial charge >= 0.3 is 0 Å². The van der Waals surface area contributed by atoms with Gasteiger partial charge in [-0.2, -0.15) is 5.26 Å². The zero-order valence-electron chi connectivity index (χ0n) is 27.3. The molecule has 5 aromatic rings. The number of nitrogens with one attached hydrogen (secondary N) is 3. The van der Waals surface area contributed by atoms with Crippen molar-refractivity contribution in [3.05, 3.63) is 148 Å². The average Bonchev–Trinajstić information content (AvgIpc) is 3.50. The Morgan fingerprint density at radius 3 is 2.44 bits per heavy atom. The van der Waals surface area contributed by atoms with Gasteiger partial charge in [0.15, 0.2) is 0 Å². The number of nitrogens with zero attached hydrogens (tertiary/aromatic N) is 1. The highest BCUT2D eigenvalue weighted by atomic mass is 32.2. The average molecular weight is 699 g/mol. The second kappa shape index (κ2) is 16.2. The van der Waals surface area contributed by atoms with Gasteiger partial charge in [-0.1, -0.05) is 72.8 Å².